The number of ether oxygens (including phenoxy) is 1. The zero-order chi connectivity index (χ0) is 33.0. The highest BCUT2D eigenvalue weighted by molar-refractivity contribution is 6.31. The lowest BCUT2D eigenvalue weighted by molar-refractivity contribution is -0.128. The molecule has 2 fully saturated rings. The van der Waals surface area contributed by atoms with Gasteiger partial charge in [0.2, 0.25) is 11.8 Å². The number of likely N-dealkylation sites (tertiary alicyclic amines) is 1. The minimum absolute atomic E-state index is 0.113. The third-order valence-corrected chi connectivity index (χ3v) is 10.0. The van der Waals surface area contributed by atoms with Crippen molar-refractivity contribution in [2.45, 2.75) is 31.0 Å². The largest absolute Gasteiger partial charge is 0.494 e. The molecule has 0 unspecified atom stereocenters. The van der Waals surface area contributed by atoms with Gasteiger partial charge >= 0.3 is 0 Å². The van der Waals surface area contributed by atoms with Crippen molar-refractivity contribution in [3.05, 3.63) is 123 Å². The van der Waals surface area contributed by atoms with Gasteiger partial charge in [0.15, 0.2) is 5.78 Å². The van der Waals surface area contributed by atoms with Crippen molar-refractivity contribution < 1.29 is 28.6 Å². The van der Waals surface area contributed by atoms with Gasteiger partial charge in [-0.3, -0.25) is 19.3 Å². The van der Waals surface area contributed by atoms with Crippen LogP contribution in [0.2, 0.25) is 10.0 Å². The molecule has 4 atom stereocenters. The molecule has 7 rings (SSSR count). The number of amides is 2. The molecule has 0 radical (unpaired) electrons. The van der Waals surface area contributed by atoms with E-state index >= 15 is 4.39 Å². The lowest BCUT2D eigenvalue weighted by atomic mass is 9.71. The van der Waals surface area contributed by atoms with Crippen LogP contribution in [-0.2, 0) is 21.7 Å². The van der Waals surface area contributed by atoms with Crippen LogP contribution in [-0.4, -0.2) is 53.4 Å². The van der Waals surface area contributed by atoms with E-state index in [9.17, 15) is 19.5 Å². The number of hydrogen-bond donors (Lipinski definition) is 2. The molecule has 1 spiro atoms. The van der Waals surface area contributed by atoms with E-state index in [2.05, 4.69) is 5.32 Å². The van der Waals surface area contributed by atoms with E-state index in [0.29, 0.717) is 39.9 Å². The van der Waals surface area contributed by atoms with Crippen molar-refractivity contribution in [3.63, 3.8) is 0 Å². The number of ketones is 1. The molecule has 0 aliphatic carbocycles. The van der Waals surface area contributed by atoms with Crippen molar-refractivity contribution >= 4 is 52.2 Å². The molecule has 4 aromatic carbocycles. The predicted octanol–water partition coefficient (Wildman–Crippen LogP) is 6.18. The monoisotopic (exact) mass is 673 g/mol. The van der Waals surface area contributed by atoms with Crippen molar-refractivity contribution in [2.75, 3.05) is 30.0 Å². The Labute approximate surface area is 280 Å². The van der Waals surface area contributed by atoms with Crippen molar-refractivity contribution in [1.82, 2.24) is 4.90 Å². The Morgan fingerprint density at radius 1 is 1.04 bits per heavy atom. The number of anilines is 2. The fourth-order valence-electron chi connectivity index (χ4n) is 7.65. The second-order valence-corrected chi connectivity index (χ2v) is 12.8. The average Bonchev–Trinajstić information content (AvgIpc) is 3.65. The fourth-order valence-corrected chi connectivity index (χ4v) is 8.00. The summed E-state index contributed by atoms with van der Waals surface area (Å²) >= 11 is 12.7. The molecule has 11 heteroatoms. The van der Waals surface area contributed by atoms with Gasteiger partial charge in [-0.15, -0.1) is 0 Å². The molecule has 0 bridgehead atoms. The Morgan fingerprint density at radius 2 is 1.81 bits per heavy atom. The molecule has 47 heavy (non-hydrogen) atoms. The number of carbonyl (C=O) groups excluding carboxylic acids is 3. The molecule has 0 aromatic heterocycles. The topological polar surface area (TPSA) is 99.2 Å². The smallest absolute Gasteiger partial charge is 0.250 e. The summed E-state index contributed by atoms with van der Waals surface area (Å²) in [5.41, 5.74) is 1.45. The first-order valence-corrected chi connectivity index (χ1v) is 16.0. The van der Waals surface area contributed by atoms with Crippen LogP contribution in [0.4, 0.5) is 15.8 Å². The van der Waals surface area contributed by atoms with Gasteiger partial charge in [0.25, 0.3) is 0 Å². The molecule has 3 heterocycles. The Kier molecular flexibility index (Phi) is 8.04. The molecule has 2 saturated heterocycles. The maximum absolute atomic E-state index is 16.2. The lowest BCUT2D eigenvalue weighted by Gasteiger charge is -2.41. The fraction of sp³-hybridized carbons (Fsp3) is 0.250. The second kappa shape index (κ2) is 12.1. The molecular formula is C36H30Cl2FN3O5. The number of nitrogens with zero attached hydrogens (tertiary/aromatic N) is 2. The summed E-state index contributed by atoms with van der Waals surface area (Å²) < 4.78 is 22.0. The number of Topliss-reactive ketones (excluding diaryl/α,β-unsaturated/α-hetero) is 1. The van der Waals surface area contributed by atoms with Crippen molar-refractivity contribution in [2.24, 2.45) is 5.92 Å². The lowest BCUT2D eigenvalue weighted by Crippen LogP contribution is -2.53. The Bertz CT molecular complexity index is 1920. The van der Waals surface area contributed by atoms with Crippen LogP contribution in [0.5, 0.6) is 5.75 Å². The quantitative estimate of drug-likeness (QED) is 0.217. The van der Waals surface area contributed by atoms with Crippen LogP contribution in [0.1, 0.15) is 39.9 Å². The Hall–Kier alpha value is -4.28. The highest BCUT2D eigenvalue weighted by Gasteiger charge is 2.71. The SMILES string of the molecule is CCOc1cccc(CN2[C@H]3CN(c4ccc(C(=O)CO)cc4)C(=O)[C@H]3[C@H](c3cccc(Cl)c3F)[C@]23C(=O)Nc2cc(Cl)ccc23)c1. The van der Waals surface area contributed by atoms with Crippen LogP contribution in [0.25, 0.3) is 0 Å². The van der Waals surface area contributed by atoms with E-state index in [0.717, 1.165) is 5.56 Å². The average molecular weight is 675 g/mol. The molecule has 2 amide bonds. The molecule has 3 aliphatic rings. The van der Waals surface area contributed by atoms with E-state index in [1.54, 1.807) is 59.5 Å². The van der Waals surface area contributed by atoms with Crippen LogP contribution in [0.15, 0.2) is 84.9 Å². The summed E-state index contributed by atoms with van der Waals surface area (Å²) in [5.74, 6) is -2.98. The summed E-state index contributed by atoms with van der Waals surface area (Å²) in [4.78, 5) is 44.9. The van der Waals surface area contributed by atoms with E-state index in [4.69, 9.17) is 27.9 Å². The van der Waals surface area contributed by atoms with Gasteiger partial charge in [-0.25, -0.2) is 4.39 Å². The highest BCUT2D eigenvalue weighted by atomic mass is 35.5. The minimum atomic E-state index is -1.50. The van der Waals surface area contributed by atoms with Gasteiger partial charge in [-0.05, 0) is 72.6 Å². The first-order valence-electron chi connectivity index (χ1n) is 15.3. The molecule has 4 aromatic rings. The van der Waals surface area contributed by atoms with Gasteiger partial charge < -0.3 is 20.1 Å². The predicted molar refractivity (Wildman–Crippen MR) is 177 cm³/mol. The number of aliphatic hydroxyl groups excluding tert-OH is 1. The van der Waals surface area contributed by atoms with E-state index in [1.165, 1.54) is 6.07 Å². The minimum Gasteiger partial charge on any atom is -0.494 e. The summed E-state index contributed by atoms with van der Waals surface area (Å²) in [6.07, 6.45) is 0. The third kappa shape index (κ3) is 4.92. The molecule has 3 aliphatic heterocycles. The molecule has 8 nitrogen and oxygen atoms in total. The standard InChI is InChI=1S/C36H30Cl2FN3O5/c1-2-47-24-6-3-5-20(15-24)17-42-29-18-41(23-12-9-21(10-13-23)30(44)19-43)34(45)31(29)32(25-7-4-8-27(38)33(25)39)36(42)26-14-11-22(37)16-28(26)40-35(36)46/h3-16,29,31-32,43H,2,17-19H2,1H3,(H,40,46)/t29-,31+,32-,36+/m0/s1. The van der Waals surface area contributed by atoms with E-state index in [-0.39, 0.29) is 35.5 Å². The summed E-state index contributed by atoms with van der Waals surface area (Å²) in [5, 5.41) is 12.6. The van der Waals surface area contributed by atoms with Crippen LogP contribution in [0, 0.1) is 11.7 Å². The maximum atomic E-state index is 16.2. The van der Waals surface area contributed by atoms with Gasteiger partial charge in [-0.2, -0.15) is 0 Å². The van der Waals surface area contributed by atoms with Crippen LogP contribution < -0.4 is 15.0 Å². The number of benzene rings is 4. The number of fused-ring (bicyclic) bond motifs is 3. The number of carbonyl (C=O) groups is 3. The van der Waals surface area contributed by atoms with Gasteiger partial charge in [0.1, 0.15) is 23.7 Å². The number of hydrogen-bond acceptors (Lipinski definition) is 6. The van der Waals surface area contributed by atoms with Crippen LogP contribution in [0.3, 0.4) is 0 Å². The van der Waals surface area contributed by atoms with Crippen LogP contribution >= 0.6 is 23.2 Å². The maximum Gasteiger partial charge on any atom is 0.250 e. The number of nitrogens with one attached hydrogen (secondary N) is 1. The molecule has 240 valence electrons. The number of rotatable bonds is 8. The van der Waals surface area contributed by atoms with Gasteiger partial charge in [-0.1, -0.05) is 53.5 Å². The summed E-state index contributed by atoms with van der Waals surface area (Å²) in [6, 6.07) is 23.2. The molecule has 0 saturated carbocycles. The highest BCUT2D eigenvalue weighted by Crippen LogP contribution is 2.62. The number of aliphatic hydroxyl groups is 1. The van der Waals surface area contributed by atoms with E-state index < -0.39 is 41.6 Å². The Morgan fingerprint density at radius 3 is 2.55 bits per heavy atom. The second-order valence-electron chi connectivity index (χ2n) is 11.9. The van der Waals surface area contributed by atoms with Gasteiger partial charge in [0.05, 0.1) is 17.5 Å². The van der Waals surface area contributed by atoms with E-state index in [1.807, 2.05) is 36.1 Å². The van der Waals surface area contributed by atoms with Crippen molar-refractivity contribution in [1.29, 1.82) is 0 Å². The first-order chi connectivity index (χ1) is 22.7. The summed E-state index contributed by atoms with van der Waals surface area (Å²) in [6.45, 7) is 2.17. The molecular weight excluding hydrogens is 644 g/mol. The van der Waals surface area contributed by atoms with Crippen molar-refractivity contribution in [3.8, 4) is 5.75 Å². The van der Waals surface area contributed by atoms with Gasteiger partial charge in [0, 0.05) is 52.6 Å². The zero-order valence-corrected chi connectivity index (χ0v) is 26.8. The Balaban J connectivity index is 1.43. The normalized spacial score (nSPS) is 23.3. The zero-order valence-electron chi connectivity index (χ0n) is 25.3. The number of halogens is 3. The third-order valence-electron chi connectivity index (χ3n) is 9.51. The molecule has 2 N–H and O–H groups in total. The first kappa shape index (κ1) is 31.3. The summed E-state index contributed by atoms with van der Waals surface area (Å²) in [7, 11) is 0.